The smallest absolute Gasteiger partial charge is 0.332 e. The number of amides is 1. The van der Waals surface area contributed by atoms with Crippen LogP contribution in [0.3, 0.4) is 0 Å². The molecule has 0 radical (unpaired) electrons. The van der Waals surface area contributed by atoms with Crippen LogP contribution in [0.5, 0.6) is 0 Å². The van der Waals surface area contributed by atoms with Crippen LogP contribution < -0.4 is 16.6 Å². The molecule has 0 aliphatic carbocycles. The van der Waals surface area contributed by atoms with Crippen molar-refractivity contribution in [3.63, 3.8) is 0 Å². The fourth-order valence-electron chi connectivity index (χ4n) is 3.58. The average Bonchev–Trinajstić information content (AvgIpc) is 3.35. The maximum absolute atomic E-state index is 12.5. The van der Waals surface area contributed by atoms with Crippen molar-refractivity contribution in [2.45, 2.75) is 32.4 Å². The van der Waals surface area contributed by atoms with Crippen LogP contribution in [0, 0.1) is 0 Å². The Labute approximate surface area is 171 Å². The summed E-state index contributed by atoms with van der Waals surface area (Å²) in [6.45, 7) is 2.32. The Hall–Kier alpha value is -3.62. The molecule has 9 nitrogen and oxygen atoms in total. The highest BCUT2D eigenvalue weighted by molar-refractivity contribution is 5.79. The molecule has 3 heterocycles. The topological polar surface area (TPSA) is 104 Å². The number of rotatable bonds is 6. The van der Waals surface area contributed by atoms with Crippen LogP contribution in [0.25, 0.3) is 22.1 Å². The van der Waals surface area contributed by atoms with Gasteiger partial charge >= 0.3 is 5.69 Å². The van der Waals surface area contributed by atoms with E-state index >= 15 is 0 Å². The molecular formula is C21H23N5O4. The van der Waals surface area contributed by atoms with Gasteiger partial charge in [-0.05, 0) is 25.5 Å². The molecule has 3 aromatic heterocycles. The Balaban J connectivity index is 1.40. The summed E-state index contributed by atoms with van der Waals surface area (Å²) >= 11 is 0. The first kappa shape index (κ1) is 19.7. The summed E-state index contributed by atoms with van der Waals surface area (Å²) < 4.78 is 9.88. The molecule has 1 atom stereocenters. The normalized spacial score (nSPS) is 12.5. The number of furan rings is 1. The van der Waals surface area contributed by atoms with Crippen molar-refractivity contribution in [2.24, 2.45) is 14.1 Å². The van der Waals surface area contributed by atoms with Gasteiger partial charge in [0.25, 0.3) is 5.56 Å². The van der Waals surface area contributed by atoms with E-state index in [2.05, 4.69) is 10.3 Å². The fraction of sp³-hybridized carbons (Fsp3) is 0.333. The fourth-order valence-corrected chi connectivity index (χ4v) is 3.58. The molecule has 0 spiro atoms. The van der Waals surface area contributed by atoms with E-state index in [9.17, 15) is 14.4 Å². The highest BCUT2D eigenvalue weighted by Gasteiger charge is 2.16. The van der Waals surface area contributed by atoms with Gasteiger partial charge in [-0.2, -0.15) is 0 Å². The van der Waals surface area contributed by atoms with Gasteiger partial charge in [0.05, 0.1) is 12.4 Å². The third-order valence-corrected chi connectivity index (χ3v) is 5.27. The molecule has 156 valence electrons. The lowest BCUT2D eigenvalue weighted by Gasteiger charge is -2.11. The first-order valence-electron chi connectivity index (χ1n) is 9.75. The van der Waals surface area contributed by atoms with E-state index in [0.717, 1.165) is 15.5 Å². The third kappa shape index (κ3) is 3.42. The predicted molar refractivity (Wildman–Crippen MR) is 112 cm³/mol. The van der Waals surface area contributed by atoms with Gasteiger partial charge in [-0.1, -0.05) is 18.2 Å². The molecule has 4 rings (SSSR count). The van der Waals surface area contributed by atoms with Crippen LogP contribution in [-0.4, -0.2) is 24.6 Å². The quantitative estimate of drug-likeness (QED) is 0.523. The van der Waals surface area contributed by atoms with E-state index in [1.807, 2.05) is 37.3 Å². The highest BCUT2D eigenvalue weighted by atomic mass is 16.3. The van der Waals surface area contributed by atoms with Crippen molar-refractivity contribution in [3.8, 4) is 0 Å². The number of hydrogen-bond donors (Lipinski definition) is 1. The summed E-state index contributed by atoms with van der Waals surface area (Å²) in [4.78, 5) is 41.0. The summed E-state index contributed by atoms with van der Waals surface area (Å²) in [5.41, 5.74) is 0.670. The molecule has 4 aromatic rings. The van der Waals surface area contributed by atoms with Crippen LogP contribution in [-0.2, 0) is 25.4 Å². The van der Waals surface area contributed by atoms with Crippen LogP contribution >= 0.6 is 0 Å². The van der Waals surface area contributed by atoms with Gasteiger partial charge in [0.1, 0.15) is 11.3 Å². The maximum Gasteiger partial charge on any atom is 0.332 e. The Morgan fingerprint density at radius 3 is 2.73 bits per heavy atom. The molecule has 9 heteroatoms. The number of hydrogen-bond acceptors (Lipinski definition) is 5. The summed E-state index contributed by atoms with van der Waals surface area (Å²) in [6.07, 6.45) is 2.34. The number of imidazole rings is 1. The molecule has 0 saturated heterocycles. The molecule has 0 saturated carbocycles. The number of nitrogens with one attached hydrogen (secondary N) is 1. The van der Waals surface area contributed by atoms with Gasteiger partial charge in [-0.25, -0.2) is 9.78 Å². The molecule has 1 aromatic carbocycles. The summed E-state index contributed by atoms with van der Waals surface area (Å²) in [7, 11) is 3.02. The van der Waals surface area contributed by atoms with Crippen molar-refractivity contribution in [3.05, 3.63) is 63.3 Å². The molecule has 0 bridgehead atoms. The number of carbonyl (C=O) groups is 1. The second kappa shape index (κ2) is 7.66. The lowest BCUT2D eigenvalue weighted by Crippen LogP contribution is -2.37. The number of carbonyl (C=O) groups excluding carboxylic acids is 1. The predicted octanol–water partition coefficient (Wildman–Crippen LogP) is 1.84. The lowest BCUT2D eigenvalue weighted by molar-refractivity contribution is -0.122. The first-order valence-corrected chi connectivity index (χ1v) is 9.75. The van der Waals surface area contributed by atoms with Crippen molar-refractivity contribution >= 4 is 28.0 Å². The van der Waals surface area contributed by atoms with Crippen molar-refractivity contribution in [1.82, 2.24) is 24.0 Å². The Morgan fingerprint density at radius 2 is 1.97 bits per heavy atom. The highest BCUT2D eigenvalue weighted by Crippen LogP contribution is 2.23. The second-order valence-electron chi connectivity index (χ2n) is 7.40. The molecule has 1 N–H and O–H groups in total. The molecule has 30 heavy (non-hydrogen) atoms. The zero-order chi connectivity index (χ0) is 21.4. The van der Waals surface area contributed by atoms with Crippen LogP contribution in [0.15, 0.2) is 50.7 Å². The molecule has 0 aliphatic rings. The van der Waals surface area contributed by atoms with E-state index in [1.54, 1.807) is 11.6 Å². The summed E-state index contributed by atoms with van der Waals surface area (Å²) in [5.74, 6) is 0.599. The third-order valence-electron chi connectivity index (χ3n) is 5.27. The van der Waals surface area contributed by atoms with Crippen LogP contribution in [0.2, 0.25) is 0 Å². The number of aryl methyl sites for hydroxylation is 2. The van der Waals surface area contributed by atoms with E-state index in [4.69, 9.17) is 4.42 Å². The monoisotopic (exact) mass is 409 g/mol. The standard InChI is InChI=1S/C21H23N5O4/c1-13(16-11-14-7-4-5-8-15(14)30-16)23-17(27)9-6-10-26-12-22-19-18(26)20(28)25(3)21(29)24(19)2/h4-5,7-8,11-13H,6,9-10H2,1-3H3,(H,23,27). The average molecular weight is 409 g/mol. The van der Waals surface area contributed by atoms with Crippen molar-refractivity contribution in [2.75, 3.05) is 0 Å². The minimum Gasteiger partial charge on any atom is -0.459 e. The molecule has 1 amide bonds. The van der Waals surface area contributed by atoms with E-state index < -0.39 is 11.2 Å². The van der Waals surface area contributed by atoms with Gasteiger partial charge in [-0.15, -0.1) is 0 Å². The molecule has 0 fully saturated rings. The van der Waals surface area contributed by atoms with Crippen LogP contribution in [0.1, 0.15) is 31.6 Å². The number of para-hydroxylation sites is 1. The van der Waals surface area contributed by atoms with E-state index in [1.165, 1.54) is 17.9 Å². The van der Waals surface area contributed by atoms with Gasteiger partial charge in [0.15, 0.2) is 11.2 Å². The van der Waals surface area contributed by atoms with E-state index in [-0.39, 0.29) is 18.4 Å². The Kier molecular flexibility index (Phi) is 5.03. The van der Waals surface area contributed by atoms with Crippen molar-refractivity contribution in [1.29, 1.82) is 0 Å². The van der Waals surface area contributed by atoms with Gasteiger partial charge < -0.3 is 14.3 Å². The number of aromatic nitrogens is 4. The molecular weight excluding hydrogens is 386 g/mol. The Bertz CT molecular complexity index is 1320. The zero-order valence-electron chi connectivity index (χ0n) is 17.1. The molecule has 1 unspecified atom stereocenters. The van der Waals surface area contributed by atoms with E-state index in [0.29, 0.717) is 29.9 Å². The van der Waals surface area contributed by atoms with Crippen molar-refractivity contribution < 1.29 is 9.21 Å². The SMILES string of the molecule is CC(NC(=O)CCCn1cnc2c1c(=O)n(C)c(=O)n2C)c1cc2ccccc2o1. The lowest BCUT2D eigenvalue weighted by atomic mass is 10.2. The number of nitrogens with zero attached hydrogens (tertiary/aromatic N) is 4. The Morgan fingerprint density at radius 1 is 1.20 bits per heavy atom. The van der Waals surface area contributed by atoms with Gasteiger partial charge in [0, 0.05) is 32.4 Å². The van der Waals surface area contributed by atoms with Gasteiger partial charge in [0.2, 0.25) is 5.91 Å². The first-order chi connectivity index (χ1) is 14.4. The van der Waals surface area contributed by atoms with Crippen LogP contribution in [0.4, 0.5) is 0 Å². The van der Waals surface area contributed by atoms with Gasteiger partial charge in [-0.3, -0.25) is 18.7 Å². The molecule has 0 aliphatic heterocycles. The minimum absolute atomic E-state index is 0.104. The maximum atomic E-state index is 12.5. The minimum atomic E-state index is -0.420. The number of fused-ring (bicyclic) bond motifs is 2. The summed E-state index contributed by atoms with van der Waals surface area (Å²) in [5, 5.41) is 3.94. The zero-order valence-corrected chi connectivity index (χ0v) is 17.1. The summed E-state index contributed by atoms with van der Waals surface area (Å²) in [6, 6.07) is 9.38. The second-order valence-corrected chi connectivity index (χ2v) is 7.40. The number of benzene rings is 1. The largest absolute Gasteiger partial charge is 0.459 e.